The molecule has 1 unspecified atom stereocenters. The van der Waals surface area contributed by atoms with Gasteiger partial charge in [0.25, 0.3) is 0 Å². The highest BCUT2D eigenvalue weighted by molar-refractivity contribution is 5.93. The maximum absolute atomic E-state index is 12.3. The molecule has 0 aliphatic carbocycles. The van der Waals surface area contributed by atoms with Gasteiger partial charge in [-0.3, -0.25) is 4.89 Å². The molecule has 0 radical (unpaired) electrons. The van der Waals surface area contributed by atoms with Crippen molar-refractivity contribution >= 4 is 12.0 Å². The number of benzene rings is 2. The Bertz CT molecular complexity index is 692. The zero-order valence-electron chi connectivity index (χ0n) is 13.9. The van der Waals surface area contributed by atoms with Crippen LogP contribution < -0.4 is 0 Å². The van der Waals surface area contributed by atoms with Gasteiger partial charge in [-0.15, -0.1) is 0 Å². The van der Waals surface area contributed by atoms with Gasteiger partial charge >= 0.3 is 5.97 Å². The first-order valence-corrected chi connectivity index (χ1v) is 8.03. The van der Waals surface area contributed by atoms with Gasteiger partial charge in [0.05, 0.1) is 0 Å². The van der Waals surface area contributed by atoms with E-state index in [9.17, 15) is 9.90 Å². The molecule has 0 bridgehead atoms. The Morgan fingerprint density at radius 1 is 1.12 bits per heavy atom. The Morgan fingerprint density at radius 2 is 1.79 bits per heavy atom. The molecule has 4 nitrogen and oxygen atoms in total. The van der Waals surface area contributed by atoms with Crippen LogP contribution in [0.4, 0.5) is 0 Å². The predicted octanol–water partition coefficient (Wildman–Crippen LogP) is 4.81. The minimum atomic E-state index is -0.539. The molecular weight excluding hydrogens is 304 g/mol. The van der Waals surface area contributed by atoms with E-state index in [4.69, 9.17) is 9.78 Å². The first-order chi connectivity index (χ1) is 11.6. The van der Waals surface area contributed by atoms with E-state index in [1.54, 1.807) is 30.3 Å². The highest BCUT2D eigenvalue weighted by Gasteiger charge is 2.15. The number of aromatic hydroxyl groups is 1. The van der Waals surface area contributed by atoms with Gasteiger partial charge in [0.2, 0.25) is 0 Å². The normalized spacial score (nSPS) is 12.7. The Balaban J connectivity index is 2.05. The van der Waals surface area contributed by atoms with Crippen LogP contribution in [-0.4, -0.2) is 11.1 Å². The number of phenols is 1. The summed E-state index contributed by atoms with van der Waals surface area (Å²) in [6, 6.07) is 16.4. The molecule has 2 rings (SSSR count). The lowest BCUT2D eigenvalue weighted by molar-refractivity contribution is -0.293. The predicted molar refractivity (Wildman–Crippen MR) is 93.0 cm³/mol. The summed E-state index contributed by atoms with van der Waals surface area (Å²) in [6.07, 6.45) is 2.60. The topological polar surface area (TPSA) is 55.8 Å². The zero-order chi connectivity index (χ0) is 17.4. The summed E-state index contributed by atoms with van der Waals surface area (Å²) < 4.78 is 0. The molecule has 0 heterocycles. The van der Waals surface area contributed by atoms with Gasteiger partial charge in [-0.05, 0) is 31.1 Å². The van der Waals surface area contributed by atoms with Gasteiger partial charge in [0, 0.05) is 11.1 Å². The molecule has 0 fully saturated rings. The van der Waals surface area contributed by atoms with Gasteiger partial charge in [-0.25, -0.2) is 4.79 Å². The smallest absolute Gasteiger partial charge is 0.369 e. The fourth-order valence-electron chi connectivity index (χ4n) is 2.25. The van der Waals surface area contributed by atoms with Crippen LogP contribution >= 0.6 is 0 Å². The van der Waals surface area contributed by atoms with Gasteiger partial charge in [0.15, 0.2) is 0 Å². The van der Waals surface area contributed by atoms with Crippen LogP contribution in [-0.2, 0) is 14.6 Å². The van der Waals surface area contributed by atoms with E-state index < -0.39 is 5.97 Å². The third-order valence-electron chi connectivity index (χ3n) is 3.59. The van der Waals surface area contributed by atoms with Crippen molar-refractivity contribution in [3.05, 3.63) is 71.3 Å². The zero-order valence-corrected chi connectivity index (χ0v) is 13.9. The van der Waals surface area contributed by atoms with E-state index in [1.807, 2.05) is 44.2 Å². The molecule has 2 aromatic rings. The minimum absolute atomic E-state index is 0.123. The fourth-order valence-corrected chi connectivity index (χ4v) is 2.25. The first-order valence-electron chi connectivity index (χ1n) is 8.03. The van der Waals surface area contributed by atoms with Crippen LogP contribution in [0, 0.1) is 0 Å². The second-order valence-corrected chi connectivity index (χ2v) is 5.50. The molecule has 24 heavy (non-hydrogen) atoms. The number of phenolic OH excluding ortho intramolecular Hbond substituents is 1. The van der Waals surface area contributed by atoms with Gasteiger partial charge in [0.1, 0.15) is 11.9 Å². The van der Waals surface area contributed by atoms with E-state index in [0.717, 1.165) is 12.0 Å². The molecule has 2 aromatic carbocycles. The van der Waals surface area contributed by atoms with E-state index >= 15 is 0 Å². The van der Waals surface area contributed by atoms with Crippen LogP contribution in [0.1, 0.15) is 43.9 Å². The molecule has 4 heteroatoms. The summed E-state index contributed by atoms with van der Waals surface area (Å²) in [5.41, 5.74) is 1.96. The Labute approximate surface area is 142 Å². The summed E-state index contributed by atoms with van der Waals surface area (Å²) >= 11 is 0. The number of hydrogen-bond donors (Lipinski definition) is 1. The second kappa shape index (κ2) is 8.89. The number of rotatable bonds is 7. The summed E-state index contributed by atoms with van der Waals surface area (Å²) in [7, 11) is 0. The third kappa shape index (κ3) is 4.96. The molecule has 0 aliphatic rings. The summed E-state index contributed by atoms with van der Waals surface area (Å²) in [5.74, 6) is -0.416. The Hall–Kier alpha value is -2.59. The van der Waals surface area contributed by atoms with E-state index in [0.29, 0.717) is 17.6 Å². The second-order valence-electron chi connectivity index (χ2n) is 5.50. The lowest BCUT2D eigenvalue weighted by Crippen LogP contribution is -2.11. The molecule has 126 valence electrons. The maximum Gasteiger partial charge on any atom is 0.369 e. The van der Waals surface area contributed by atoms with Crippen molar-refractivity contribution in [3.8, 4) is 5.75 Å². The SMILES string of the molecule is CCCC(=Cc1ccccc1O)C(=O)OOC(C)c1ccccc1. The molecule has 0 aliphatic heterocycles. The average Bonchev–Trinajstić information content (AvgIpc) is 2.61. The largest absolute Gasteiger partial charge is 0.507 e. The van der Waals surface area contributed by atoms with Crippen LogP contribution in [0.25, 0.3) is 6.08 Å². The number of hydrogen-bond acceptors (Lipinski definition) is 4. The van der Waals surface area contributed by atoms with Gasteiger partial charge in [-0.1, -0.05) is 61.9 Å². The maximum atomic E-state index is 12.3. The van der Waals surface area contributed by atoms with Crippen molar-refractivity contribution in [3.63, 3.8) is 0 Å². The van der Waals surface area contributed by atoms with Crippen molar-refractivity contribution in [2.24, 2.45) is 0 Å². The highest BCUT2D eigenvalue weighted by Crippen LogP contribution is 2.22. The van der Waals surface area contributed by atoms with Gasteiger partial charge in [-0.2, -0.15) is 4.89 Å². The lowest BCUT2D eigenvalue weighted by atomic mass is 10.1. The number of para-hydroxylation sites is 1. The van der Waals surface area contributed by atoms with E-state index in [2.05, 4.69) is 0 Å². The Morgan fingerprint density at radius 3 is 2.46 bits per heavy atom. The highest BCUT2D eigenvalue weighted by atomic mass is 17.2. The van der Waals surface area contributed by atoms with Crippen molar-refractivity contribution in [1.29, 1.82) is 0 Å². The lowest BCUT2D eigenvalue weighted by Gasteiger charge is -2.12. The standard InChI is InChI=1S/C20H22O4/c1-3-9-18(14-17-12-7-8-13-19(17)21)20(22)24-23-15(2)16-10-5-4-6-11-16/h4-8,10-15,21H,3,9H2,1-2H3. The Kier molecular flexibility index (Phi) is 6.58. The van der Waals surface area contributed by atoms with Crippen LogP contribution in [0.5, 0.6) is 5.75 Å². The molecule has 0 aromatic heterocycles. The summed E-state index contributed by atoms with van der Waals surface area (Å²) in [5, 5.41) is 9.85. The number of carbonyl (C=O) groups excluding carboxylic acids is 1. The van der Waals surface area contributed by atoms with Crippen molar-refractivity contribution in [1.82, 2.24) is 0 Å². The minimum Gasteiger partial charge on any atom is -0.507 e. The number of carbonyl (C=O) groups is 1. The van der Waals surface area contributed by atoms with Crippen molar-refractivity contribution in [2.75, 3.05) is 0 Å². The summed E-state index contributed by atoms with van der Waals surface area (Å²) in [6.45, 7) is 3.79. The van der Waals surface area contributed by atoms with Crippen LogP contribution in [0.3, 0.4) is 0 Å². The molecule has 1 atom stereocenters. The molecule has 0 amide bonds. The van der Waals surface area contributed by atoms with Gasteiger partial charge < -0.3 is 5.11 Å². The third-order valence-corrected chi connectivity index (χ3v) is 3.59. The van der Waals surface area contributed by atoms with Crippen molar-refractivity contribution < 1.29 is 19.7 Å². The molecule has 0 saturated carbocycles. The summed E-state index contributed by atoms with van der Waals surface area (Å²) in [4.78, 5) is 22.5. The van der Waals surface area contributed by atoms with E-state index in [-0.39, 0.29) is 11.9 Å². The van der Waals surface area contributed by atoms with Crippen LogP contribution in [0.2, 0.25) is 0 Å². The first kappa shape index (κ1) is 17.8. The quantitative estimate of drug-likeness (QED) is 0.450. The molecule has 0 spiro atoms. The monoisotopic (exact) mass is 326 g/mol. The van der Waals surface area contributed by atoms with Crippen LogP contribution in [0.15, 0.2) is 60.2 Å². The van der Waals surface area contributed by atoms with Crippen molar-refractivity contribution in [2.45, 2.75) is 32.8 Å². The fraction of sp³-hybridized carbons (Fsp3) is 0.250. The average molecular weight is 326 g/mol. The van der Waals surface area contributed by atoms with E-state index in [1.165, 1.54) is 0 Å². The molecular formula is C20H22O4. The molecule has 0 saturated heterocycles. The molecule has 1 N–H and O–H groups in total.